The first kappa shape index (κ1) is 17.8. The van der Waals surface area contributed by atoms with E-state index < -0.39 is 18.8 Å². The van der Waals surface area contributed by atoms with Crippen LogP contribution in [0.3, 0.4) is 0 Å². The van der Waals surface area contributed by atoms with Crippen LogP contribution in [0.25, 0.3) is 0 Å². The fraction of sp³-hybridized carbons (Fsp3) is 0.308. The second-order valence-electron chi connectivity index (χ2n) is 4.07. The number of carbonyl (C=O) groups excluding carboxylic acids is 1. The van der Waals surface area contributed by atoms with Gasteiger partial charge in [0.15, 0.2) is 0 Å². The number of esters is 1. The molecule has 0 spiro atoms. The quantitative estimate of drug-likeness (QED) is 0.417. The highest BCUT2D eigenvalue weighted by Crippen LogP contribution is 2.31. The minimum absolute atomic E-state index is 0.237. The number of carbonyl (C=O) groups is 1. The highest BCUT2D eigenvalue weighted by Gasteiger charge is 2.15. The van der Waals surface area contributed by atoms with E-state index in [-0.39, 0.29) is 6.61 Å². The summed E-state index contributed by atoms with van der Waals surface area (Å²) >= 11 is 4.18. The lowest BCUT2D eigenvalue weighted by atomic mass is 10.0. The van der Waals surface area contributed by atoms with Gasteiger partial charge in [-0.25, -0.2) is 4.79 Å². The zero-order valence-corrected chi connectivity index (χ0v) is 13.3. The molecule has 0 amide bonds. The lowest BCUT2D eigenvalue weighted by Gasteiger charge is -2.34. The van der Waals surface area contributed by atoms with Gasteiger partial charge in [-0.1, -0.05) is 19.4 Å². The molecule has 116 valence electrons. The van der Waals surface area contributed by atoms with Gasteiger partial charge in [0, 0.05) is 11.6 Å². The van der Waals surface area contributed by atoms with Crippen LogP contribution in [-0.2, 0) is 32.5 Å². The number of ether oxygens (including phenoxy) is 2. The van der Waals surface area contributed by atoms with Crippen molar-refractivity contribution in [1.82, 2.24) is 0 Å². The second-order valence-corrected chi connectivity index (χ2v) is 6.56. The third kappa shape index (κ3) is 5.95. The summed E-state index contributed by atoms with van der Waals surface area (Å²) < 4.78 is 14.8. The van der Waals surface area contributed by atoms with Crippen molar-refractivity contribution in [2.75, 3.05) is 7.11 Å². The Kier molecular flexibility index (Phi) is 6.51. The molecule has 1 rings (SSSR count). The number of benzene rings is 1. The minimum atomic E-state index is -4.26. The van der Waals surface area contributed by atoms with Crippen LogP contribution in [0.1, 0.15) is 24.2 Å². The number of hydrogen-bond donors (Lipinski definition) is 0. The van der Waals surface area contributed by atoms with Crippen LogP contribution in [0.5, 0.6) is 5.75 Å². The summed E-state index contributed by atoms with van der Waals surface area (Å²) in [5, 5.41) is 0. The van der Waals surface area contributed by atoms with E-state index in [1.54, 1.807) is 25.1 Å². The van der Waals surface area contributed by atoms with Crippen LogP contribution in [0, 0.1) is 0 Å². The van der Waals surface area contributed by atoms with Gasteiger partial charge >= 0.3 is 5.97 Å². The van der Waals surface area contributed by atoms with Crippen molar-refractivity contribution in [1.29, 1.82) is 0 Å². The Morgan fingerprint density at radius 2 is 2.19 bits per heavy atom. The highest BCUT2D eigenvalue weighted by molar-refractivity contribution is 8.05. The van der Waals surface area contributed by atoms with Gasteiger partial charge in [-0.05, 0) is 24.6 Å². The van der Waals surface area contributed by atoms with Crippen LogP contribution in [0.2, 0.25) is 0 Å². The summed E-state index contributed by atoms with van der Waals surface area (Å²) in [6.45, 7) is 0.468. The lowest BCUT2D eigenvalue weighted by molar-refractivity contribution is -0.322. The molecule has 1 aromatic carbocycles. The molecule has 1 atom stereocenters. The van der Waals surface area contributed by atoms with E-state index in [2.05, 4.69) is 22.9 Å². The van der Waals surface area contributed by atoms with Crippen LogP contribution in [0.15, 0.2) is 30.9 Å². The number of hydrogen-bond acceptors (Lipinski definition) is 7. The first-order chi connectivity index (χ1) is 9.76. The Labute approximate surface area is 128 Å². The topological polar surface area (TPSA) is 90.9 Å². The van der Waals surface area contributed by atoms with E-state index in [0.717, 1.165) is 6.08 Å². The Balaban J connectivity index is 3.03. The maximum absolute atomic E-state index is 11.3. The monoisotopic (exact) mass is 330 g/mol. The molecule has 0 aliphatic heterocycles. The third-order valence-electron chi connectivity index (χ3n) is 2.63. The van der Waals surface area contributed by atoms with Crippen LogP contribution in [-0.4, -0.2) is 13.1 Å². The fourth-order valence-corrected chi connectivity index (χ4v) is 2.10. The van der Waals surface area contributed by atoms with Gasteiger partial charge in [-0.15, -0.1) is 11.8 Å². The predicted octanol–water partition coefficient (Wildman–Crippen LogP) is 0.947. The molecule has 0 radical (unpaired) electrons. The van der Waals surface area contributed by atoms with Crippen LogP contribution < -0.4 is 14.5 Å². The van der Waals surface area contributed by atoms with Gasteiger partial charge in [-0.2, -0.15) is 0 Å². The fourth-order valence-electron chi connectivity index (χ4n) is 1.64. The smallest absolute Gasteiger partial charge is 0.330 e. The summed E-state index contributed by atoms with van der Waals surface area (Å²) in [5.74, 6) is -0.0473. The van der Waals surface area contributed by atoms with Gasteiger partial charge in [0.05, 0.1) is 13.7 Å². The first-order valence-corrected chi connectivity index (χ1v) is 8.49. The van der Waals surface area contributed by atoms with Crippen molar-refractivity contribution in [3.05, 3.63) is 42.0 Å². The van der Waals surface area contributed by atoms with Crippen molar-refractivity contribution in [2.45, 2.75) is 19.6 Å². The molecule has 0 aliphatic rings. The molecule has 0 saturated heterocycles. The maximum atomic E-state index is 11.3. The Bertz CT molecular complexity index is 568. The van der Waals surface area contributed by atoms with Gasteiger partial charge < -0.3 is 23.8 Å². The Hall–Kier alpha value is -1.24. The standard InChI is InChI=1S/C13H17O6PS/c1-4-13(14)19-9(2)12-7-11(17-3)6-5-10(12)8-18-20(15,16)21/h4-7,9H,1,8H2,2-3H3,(H2,15,16,21)/p-2. The largest absolute Gasteiger partial charge is 0.812 e. The van der Waals surface area contributed by atoms with Crippen molar-refractivity contribution >= 4 is 24.5 Å². The van der Waals surface area contributed by atoms with E-state index in [1.807, 2.05) is 0 Å². The molecule has 0 saturated carbocycles. The van der Waals surface area contributed by atoms with E-state index in [9.17, 15) is 14.6 Å². The third-order valence-corrected chi connectivity index (χ3v) is 3.39. The molecule has 0 fully saturated rings. The molecule has 0 aromatic heterocycles. The molecular weight excluding hydrogens is 315 g/mol. The zero-order chi connectivity index (χ0) is 16.0. The van der Waals surface area contributed by atoms with Crippen LogP contribution >= 0.6 is 6.72 Å². The van der Waals surface area contributed by atoms with Crippen molar-refractivity contribution < 1.29 is 28.6 Å². The van der Waals surface area contributed by atoms with Crippen LogP contribution in [0.4, 0.5) is 0 Å². The molecule has 0 aliphatic carbocycles. The summed E-state index contributed by atoms with van der Waals surface area (Å²) in [6.07, 6.45) is 0.419. The average Bonchev–Trinajstić information content (AvgIpc) is 2.43. The highest BCUT2D eigenvalue weighted by atomic mass is 32.5. The lowest BCUT2D eigenvalue weighted by Crippen LogP contribution is -2.16. The van der Waals surface area contributed by atoms with Gasteiger partial charge in [-0.3, -0.25) is 0 Å². The zero-order valence-electron chi connectivity index (χ0n) is 11.6. The van der Waals surface area contributed by atoms with Gasteiger partial charge in [0.2, 0.25) is 0 Å². The van der Waals surface area contributed by atoms with Crippen molar-refractivity contribution in [3.63, 3.8) is 0 Å². The number of methoxy groups -OCH3 is 1. The van der Waals surface area contributed by atoms with Crippen molar-refractivity contribution in [2.24, 2.45) is 0 Å². The number of rotatable bonds is 7. The van der Waals surface area contributed by atoms with E-state index in [0.29, 0.717) is 16.9 Å². The Morgan fingerprint density at radius 3 is 2.71 bits per heavy atom. The molecule has 1 unspecified atom stereocenters. The van der Waals surface area contributed by atoms with Gasteiger partial charge in [0.1, 0.15) is 11.9 Å². The molecule has 0 heterocycles. The molecule has 1 aromatic rings. The maximum Gasteiger partial charge on any atom is 0.330 e. The molecule has 0 bridgehead atoms. The van der Waals surface area contributed by atoms with Crippen molar-refractivity contribution in [3.8, 4) is 5.75 Å². The first-order valence-electron chi connectivity index (χ1n) is 5.93. The average molecular weight is 330 g/mol. The molecular formula is C13H15O6PS-2. The second kappa shape index (κ2) is 7.68. The SMILES string of the molecule is C=CC(=O)OC(C)c1cc(OC)ccc1COP([O-])([O-])=S. The van der Waals surface area contributed by atoms with E-state index in [4.69, 9.17) is 9.47 Å². The van der Waals surface area contributed by atoms with E-state index in [1.165, 1.54) is 7.11 Å². The molecule has 21 heavy (non-hydrogen) atoms. The summed E-state index contributed by atoms with van der Waals surface area (Å²) in [7, 11) is 1.49. The normalized spacial score (nSPS) is 12.6. The molecule has 6 nitrogen and oxygen atoms in total. The Morgan fingerprint density at radius 1 is 1.52 bits per heavy atom. The summed E-state index contributed by atoms with van der Waals surface area (Å²) in [5.41, 5.74) is 1.09. The summed E-state index contributed by atoms with van der Waals surface area (Å²) in [6, 6.07) is 4.90. The minimum Gasteiger partial charge on any atom is -0.812 e. The summed E-state index contributed by atoms with van der Waals surface area (Å²) in [4.78, 5) is 33.1. The van der Waals surface area contributed by atoms with E-state index >= 15 is 0 Å². The van der Waals surface area contributed by atoms with Gasteiger partial charge in [0.25, 0.3) is 0 Å². The molecule has 0 N–H and O–H groups in total. The predicted molar refractivity (Wildman–Crippen MR) is 76.8 cm³/mol. The molecule has 8 heteroatoms.